The van der Waals surface area contributed by atoms with Crippen molar-refractivity contribution < 1.29 is 14.7 Å². The number of rotatable bonds is 2. The number of H-pyrrole nitrogens is 1. The number of fused-ring (bicyclic) bond motifs is 1. The molecule has 2 rings (SSSR count). The van der Waals surface area contributed by atoms with Crippen LogP contribution in [0.3, 0.4) is 0 Å². The summed E-state index contributed by atoms with van der Waals surface area (Å²) in [6, 6.07) is 1.37. The molecule has 0 saturated carbocycles. The number of pyridine rings is 1. The van der Waals surface area contributed by atoms with Gasteiger partial charge in [-0.3, -0.25) is 4.79 Å². The Bertz CT molecular complexity index is 516. The third-order valence-corrected chi connectivity index (χ3v) is 1.94. The van der Waals surface area contributed by atoms with E-state index in [-0.39, 0.29) is 5.69 Å². The van der Waals surface area contributed by atoms with Crippen LogP contribution in [-0.4, -0.2) is 27.3 Å². The maximum atomic E-state index is 10.6. The number of nitrogens with one attached hydrogen (secondary N) is 1. The third kappa shape index (κ3) is 1.15. The molecule has 0 unspecified atom stereocenters. The zero-order chi connectivity index (χ0) is 10.1. The predicted molar refractivity (Wildman–Crippen MR) is 48.4 cm³/mol. The van der Waals surface area contributed by atoms with Crippen LogP contribution in [-0.2, 0) is 0 Å². The maximum Gasteiger partial charge on any atom is 0.354 e. The molecule has 0 atom stereocenters. The molecule has 0 aliphatic heterocycles. The summed E-state index contributed by atoms with van der Waals surface area (Å²) in [7, 11) is 0. The normalized spacial score (nSPS) is 10.3. The average molecular weight is 190 g/mol. The molecule has 0 fully saturated rings. The SMILES string of the molecule is O=Cc1c[nH]c2cnc(C(=O)O)cc12. The quantitative estimate of drug-likeness (QED) is 0.694. The van der Waals surface area contributed by atoms with Gasteiger partial charge in [0.25, 0.3) is 0 Å². The van der Waals surface area contributed by atoms with Crippen molar-refractivity contribution in [3.63, 3.8) is 0 Å². The number of carboxylic acid groups (broad SMARTS) is 1. The summed E-state index contributed by atoms with van der Waals surface area (Å²) in [5, 5.41) is 9.26. The Morgan fingerprint density at radius 1 is 1.57 bits per heavy atom. The van der Waals surface area contributed by atoms with Crippen LogP contribution in [0.2, 0.25) is 0 Å². The van der Waals surface area contributed by atoms with Gasteiger partial charge in [-0.25, -0.2) is 9.78 Å². The predicted octanol–water partition coefficient (Wildman–Crippen LogP) is 1.07. The number of aromatic nitrogens is 2. The minimum atomic E-state index is -1.11. The summed E-state index contributed by atoms with van der Waals surface area (Å²) < 4.78 is 0. The average Bonchev–Trinajstić information content (AvgIpc) is 2.59. The molecular formula is C9H6N2O3. The fraction of sp³-hybridized carbons (Fsp3) is 0. The van der Waals surface area contributed by atoms with Crippen molar-refractivity contribution in [2.45, 2.75) is 0 Å². The number of carboxylic acids is 1. The first-order valence-corrected chi connectivity index (χ1v) is 3.88. The zero-order valence-corrected chi connectivity index (χ0v) is 7.02. The lowest BCUT2D eigenvalue weighted by molar-refractivity contribution is 0.0690. The Morgan fingerprint density at radius 2 is 2.36 bits per heavy atom. The molecule has 0 amide bonds. The Hall–Kier alpha value is -2.17. The molecule has 0 radical (unpaired) electrons. The van der Waals surface area contributed by atoms with Crippen molar-refractivity contribution in [2.75, 3.05) is 0 Å². The van der Waals surface area contributed by atoms with Crippen LogP contribution in [0.15, 0.2) is 18.5 Å². The summed E-state index contributed by atoms with van der Waals surface area (Å²) in [5.41, 5.74) is 1.02. The number of hydrogen-bond donors (Lipinski definition) is 2. The highest BCUT2D eigenvalue weighted by Crippen LogP contribution is 2.16. The molecule has 2 aromatic heterocycles. The number of carbonyl (C=O) groups excluding carboxylic acids is 1. The van der Waals surface area contributed by atoms with Crippen LogP contribution in [0.5, 0.6) is 0 Å². The minimum Gasteiger partial charge on any atom is -0.477 e. The Morgan fingerprint density at radius 3 is 3.00 bits per heavy atom. The molecule has 2 aromatic rings. The monoisotopic (exact) mass is 190 g/mol. The van der Waals surface area contributed by atoms with Gasteiger partial charge in [0.15, 0.2) is 6.29 Å². The minimum absolute atomic E-state index is 0.0693. The molecule has 5 heteroatoms. The summed E-state index contributed by atoms with van der Waals surface area (Å²) in [6.07, 6.45) is 3.58. The molecule has 2 N–H and O–H groups in total. The van der Waals surface area contributed by atoms with Crippen molar-refractivity contribution >= 4 is 23.2 Å². The molecule has 5 nitrogen and oxygen atoms in total. The zero-order valence-electron chi connectivity index (χ0n) is 7.02. The molecular weight excluding hydrogens is 184 g/mol. The van der Waals surface area contributed by atoms with Gasteiger partial charge in [-0.15, -0.1) is 0 Å². The number of aldehydes is 1. The van der Waals surface area contributed by atoms with E-state index < -0.39 is 5.97 Å². The Labute approximate surface area is 78.4 Å². The number of aromatic carboxylic acids is 1. The smallest absolute Gasteiger partial charge is 0.354 e. The standard InChI is InChI=1S/C9H6N2O3/c12-4-5-2-10-8-3-11-7(9(13)14)1-6(5)8/h1-4,10H,(H,13,14). The fourth-order valence-corrected chi connectivity index (χ4v) is 1.26. The molecule has 0 saturated heterocycles. The van der Waals surface area contributed by atoms with E-state index in [1.54, 1.807) is 0 Å². The highest BCUT2D eigenvalue weighted by molar-refractivity contribution is 5.99. The first-order chi connectivity index (χ1) is 6.72. The van der Waals surface area contributed by atoms with Crippen molar-refractivity contribution in [1.29, 1.82) is 0 Å². The summed E-state index contributed by atoms with van der Waals surface area (Å²) in [5.74, 6) is -1.11. The summed E-state index contributed by atoms with van der Waals surface area (Å²) >= 11 is 0. The van der Waals surface area contributed by atoms with Crippen LogP contribution in [0, 0.1) is 0 Å². The van der Waals surface area contributed by atoms with Gasteiger partial charge in [0.2, 0.25) is 0 Å². The highest BCUT2D eigenvalue weighted by atomic mass is 16.4. The van der Waals surface area contributed by atoms with E-state index in [2.05, 4.69) is 9.97 Å². The van der Waals surface area contributed by atoms with Crippen molar-refractivity contribution in [3.8, 4) is 0 Å². The Kier molecular flexibility index (Phi) is 1.78. The number of carbonyl (C=O) groups is 2. The molecule has 0 bridgehead atoms. The third-order valence-electron chi connectivity index (χ3n) is 1.94. The lowest BCUT2D eigenvalue weighted by atomic mass is 10.2. The first kappa shape index (κ1) is 8.43. The van der Waals surface area contributed by atoms with Crippen molar-refractivity contribution in [3.05, 3.63) is 29.7 Å². The molecule has 0 aliphatic carbocycles. The van der Waals surface area contributed by atoms with Crippen LogP contribution >= 0.6 is 0 Å². The topological polar surface area (TPSA) is 83.0 Å². The van der Waals surface area contributed by atoms with Gasteiger partial charge in [0, 0.05) is 17.1 Å². The van der Waals surface area contributed by atoms with Crippen LogP contribution in [0.1, 0.15) is 20.8 Å². The first-order valence-electron chi connectivity index (χ1n) is 3.88. The molecule has 2 heterocycles. The molecule has 14 heavy (non-hydrogen) atoms. The van der Waals surface area contributed by atoms with Gasteiger partial charge in [-0.05, 0) is 6.07 Å². The summed E-state index contributed by atoms with van der Waals surface area (Å²) in [4.78, 5) is 27.7. The van der Waals surface area contributed by atoms with E-state index >= 15 is 0 Å². The van der Waals surface area contributed by atoms with E-state index in [9.17, 15) is 9.59 Å². The van der Waals surface area contributed by atoms with Gasteiger partial charge in [-0.1, -0.05) is 0 Å². The van der Waals surface area contributed by atoms with E-state index in [4.69, 9.17) is 5.11 Å². The lowest BCUT2D eigenvalue weighted by Gasteiger charge is -1.93. The van der Waals surface area contributed by atoms with Crippen LogP contribution in [0.25, 0.3) is 10.9 Å². The molecule has 70 valence electrons. The van der Waals surface area contributed by atoms with E-state index in [0.29, 0.717) is 22.8 Å². The van der Waals surface area contributed by atoms with Gasteiger partial charge in [-0.2, -0.15) is 0 Å². The van der Waals surface area contributed by atoms with Crippen molar-refractivity contribution in [1.82, 2.24) is 9.97 Å². The second-order valence-electron chi connectivity index (χ2n) is 2.78. The highest BCUT2D eigenvalue weighted by Gasteiger charge is 2.08. The lowest BCUT2D eigenvalue weighted by Crippen LogP contribution is -1.99. The van der Waals surface area contributed by atoms with E-state index in [0.717, 1.165) is 0 Å². The van der Waals surface area contributed by atoms with Crippen LogP contribution in [0.4, 0.5) is 0 Å². The fourth-order valence-electron chi connectivity index (χ4n) is 1.26. The number of hydrogen-bond acceptors (Lipinski definition) is 3. The molecule has 0 spiro atoms. The van der Waals surface area contributed by atoms with Gasteiger partial charge >= 0.3 is 5.97 Å². The number of nitrogens with zero attached hydrogens (tertiary/aromatic N) is 1. The van der Waals surface area contributed by atoms with Gasteiger partial charge < -0.3 is 10.1 Å². The summed E-state index contributed by atoms with van der Waals surface area (Å²) in [6.45, 7) is 0. The molecule has 0 aliphatic rings. The Balaban J connectivity index is 2.73. The maximum absolute atomic E-state index is 10.6. The second-order valence-corrected chi connectivity index (χ2v) is 2.78. The van der Waals surface area contributed by atoms with E-state index in [1.807, 2.05) is 0 Å². The van der Waals surface area contributed by atoms with Crippen molar-refractivity contribution in [2.24, 2.45) is 0 Å². The largest absolute Gasteiger partial charge is 0.477 e. The molecule has 0 aromatic carbocycles. The van der Waals surface area contributed by atoms with Crippen LogP contribution < -0.4 is 0 Å². The van der Waals surface area contributed by atoms with Gasteiger partial charge in [0.05, 0.1) is 11.7 Å². The van der Waals surface area contributed by atoms with E-state index in [1.165, 1.54) is 18.5 Å². The second kappa shape index (κ2) is 2.95. The van der Waals surface area contributed by atoms with Gasteiger partial charge in [0.1, 0.15) is 5.69 Å². The number of aromatic amines is 1.